The van der Waals surface area contributed by atoms with Gasteiger partial charge in [-0.05, 0) is 73.4 Å². The van der Waals surface area contributed by atoms with Crippen LogP contribution in [-0.2, 0) is 6.42 Å². The highest BCUT2D eigenvalue weighted by molar-refractivity contribution is 8.16. The molecule has 3 rings (SSSR count). The number of amides is 1. The molecule has 1 aliphatic rings. The normalized spacial score (nSPS) is 15.0. The highest BCUT2D eigenvalue weighted by Crippen LogP contribution is 2.43. The van der Waals surface area contributed by atoms with Gasteiger partial charge in [-0.1, -0.05) is 35.9 Å². The third-order valence-electron chi connectivity index (χ3n) is 4.68. The Kier molecular flexibility index (Phi) is 7.09. The summed E-state index contributed by atoms with van der Waals surface area (Å²) in [6.07, 6.45) is 3.26. The Balaban J connectivity index is 1.45. The monoisotopic (exact) mass is 385 g/mol. The van der Waals surface area contributed by atoms with Gasteiger partial charge in [0.1, 0.15) is 0 Å². The summed E-state index contributed by atoms with van der Waals surface area (Å²) < 4.78 is 0.526. The Labute approximate surface area is 165 Å². The molecule has 26 heavy (non-hydrogen) atoms. The Morgan fingerprint density at radius 1 is 1.08 bits per heavy atom. The number of hydrogen-bond acceptors (Lipinski definition) is 3. The lowest BCUT2D eigenvalue weighted by Gasteiger charge is -2.21. The molecule has 1 fully saturated rings. The first kappa shape index (κ1) is 19.4. The molecule has 0 radical (unpaired) electrons. The molecule has 1 aliphatic heterocycles. The first-order chi connectivity index (χ1) is 12.6. The standard InChI is InChI=1S/C22H27NOS2/c1-16-6-7-18(17(2)15-16)5-3-12-23-21(24)19-8-10-20(11-9-19)22-25-13-4-14-26-22/h6-11,15,22H,3-5,12-14H2,1-2H3,(H,23,24). The van der Waals surface area contributed by atoms with E-state index in [1.165, 1.54) is 40.2 Å². The predicted molar refractivity (Wildman–Crippen MR) is 115 cm³/mol. The first-order valence-electron chi connectivity index (χ1n) is 9.31. The summed E-state index contributed by atoms with van der Waals surface area (Å²) in [5.41, 5.74) is 6.09. The second-order valence-electron chi connectivity index (χ2n) is 6.84. The molecule has 1 N–H and O–H groups in total. The maximum atomic E-state index is 12.3. The van der Waals surface area contributed by atoms with Gasteiger partial charge in [-0.15, -0.1) is 23.5 Å². The van der Waals surface area contributed by atoms with E-state index in [-0.39, 0.29) is 5.91 Å². The smallest absolute Gasteiger partial charge is 0.251 e. The molecule has 4 heteroatoms. The summed E-state index contributed by atoms with van der Waals surface area (Å²) in [6.45, 7) is 4.99. The molecule has 0 aliphatic carbocycles. The molecular formula is C22H27NOS2. The highest BCUT2D eigenvalue weighted by atomic mass is 32.2. The SMILES string of the molecule is Cc1ccc(CCCNC(=O)c2ccc(C3SCCCS3)cc2)c(C)c1. The van der Waals surface area contributed by atoms with Crippen molar-refractivity contribution in [3.8, 4) is 0 Å². The fourth-order valence-electron chi connectivity index (χ4n) is 3.18. The van der Waals surface area contributed by atoms with Gasteiger partial charge in [0.25, 0.3) is 5.91 Å². The molecule has 0 bridgehead atoms. The Morgan fingerprint density at radius 3 is 2.50 bits per heavy atom. The van der Waals surface area contributed by atoms with Crippen molar-refractivity contribution in [1.29, 1.82) is 0 Å². The van der Waals surface area contributed by atoms with Crippen LogP contribution in [0.25, 0.3) is 0 Å². The van der Waals surface area contributed by atoms with Gasteiger partial charge in [-0.25, -0.2) is 0 Å². The van der Waals surface area contributed by atoms with Crippen molar-refractivity contribution in [1.82, 2.24) is 5.32 Å². The summed E-state index contributed by atoms with van der Waals surface area (Å²) in [6, 6.07) is 14.7. The molecule has 2 nitrogen and oxygen atoms in total. The van der Waals surface area contributed by atoms with E-state index < -0.39 is 0 Å². The van der Waals surface area contributed by atoms with Gasteiger partial charge in [0.2, 0.25) is 0 Å². The molecule has 2 aromatic carbocycles. The van der Waals surface area contributed by atoms with E-state index in [2.05, 4.69) is 49.5 Å². The number of rotatable bonds is 6. The third kappa shape index (κ3) is 5.31. The molecule has 0 saturated carbocycles. The van der Waals surface area contributed by atoms with Crippen LogP contribution in [0.3, 0.4) is 0 Å². The van der Waals surface area contributed by atoms with Crippen LogP contribution in [0, 0.1) is 13.8 Å². The summed E-state index contributed by atoms with van der Waals surface area (Å²) in [4.78, 5) is 12.3. The lowest BCUT2D eigenvalue weighted by atomic mass is 10.0. The number of benzene rings is 2. The minimum absolute atomic E-state index is 0.0288. The van der Waals surface area contributed by atoms with Crippen molar-refractivity contribution in [2.45, 2.75) is 37.7 Å². The third-order valence-corrected chi connectivity index (χ3v) is 7.69. The number of thioether (sulfide) groups is 2. The number of aryl methyl sites for hydroxylation is 3. The van der Waals surface area contributed by atoms with Crippen LogP contribution >= 0.6 is 23.5 Å². The molecule has 0 atom stereocenters. The van der Waals surface area contributed by atoms with Gasteiger partial charge < -0.3 is 5.32 Å². The van der Waals surface area contributed by atoms with Crippen molar-refractivity contribution in [3.63, 3.8) is 0 Å². The number of carbonyl (C=O) groups excluding carboxylic acids is 1. The van der Waals surface area contributed by atoms with Crippen LogP contribution in [0.5, 0.6) is 0 Å². The summed E-state index contributed by atoms with van der Waals surface area (Å²) in [5.74, 6) is 2.50. The van der Waals surface area contributed by atoms with E-state index in [1.54, 1.807) is 0 Å². The van der Waals surface area contributed by atoms with Crippen LogP contribution in [0.2, 0.25) is 0 Å². The topological polar surface area (TPSA) is 29.1 Å². The molecule has 2 aromatic rings. The summed E-state index contributed by atoms with van der Waals surface area (Å²) in [5, 5.41) is 3.05. The summed E-state index contributed by atoms with van der Waals surface area (Å²) in [7, 11) is 0. The Hall–Kier alpha value is -1.39. The maximum Gasteiger partial charge on any atom is 0.251 e. The van der Waals surface area contributed by atoms with Gasteiger partial charge in [0, 0.05) is 12.1 Å². The molecule has 0 spiro atoms. The van der Waals surface area contributed by atoms with Crippen molar-refractivity contribution in [3.05, 3.63) is 70.3 Å². The van der Waals surface area contributed by atoms with Crippen molar-refractivity contribution >= 4 is 29.4 Å². The van der Waals surface area contributed by atoms with Crippen molar-refractivity contribution in [2.75, 3.05) is 18.1 Å². The largest absolute Gasteiger partial charge is 0.352 e. The second-order valence-corrected chi connectivity index (χ2v) is 9.56. The van der Waals surface area contributed by atoms with Gasteiger partial charge in [0.05, 0.1) is 4.58 Å². The Bertz CT molecular complexity index is 736. The quantitative estimate of drug-likeness (QED) is 0.663. The van der Waals surface area contributed by atoms with Crippen LogP contribution in [0.4, 0.5) is 0 Å². The summed E-state index contributed by atoms with van der Waals surface area (Å²) >= 11 is 4.02. The van der Waals surface area contributed by atoms with Gasteiger partial charge in [-0.2, -0.15) is 0 Å². The van der Waals surface area contributed by atoms with E-state index in [9.17, 15) is 4.79 Å². The van der Waals surface area contributed by atoms with Crippen molar-refractivity contribution in [2.24, 2.45) is 0 Å². The first-order valence-corrected chi connectivity index (χ1v) is 11.4. The van der Waals surface area contributed by atoms with E-state index in [0.29, 0.717) is 11.1 Å². The molecule has 0 unspecified atom stereocenters. The molecule has 138 valence electrons. The molecule has 1 saturated heterocycles. The minimum Gasteiger partial charge on any atom is -0.352 e. The predicted octanol–water partition coefficient (Wildman–Crippen LogP) is 5.53. The molecule has 1 heterocycles. The lowest BCUT2D eigenvalue weighted by Crippen LogP contribution is -2.24. The number of hydrogen-bond donors (Lipinski definition) is 1. The zero-order chi connectivity index (χ0) is 18.4. The van der Waals surface area contributed by atoms with E-state index in [1.807, 2.05) is 35.7 Å². The van der Waals surface area contributed by atoms with Gasteiger partial charge >= 0.3 is 0 Å². The Morgan fingerprint density at radius 2 is 1.81 bits per heavy atom. The van der Waals surface area contributed by atoms with Crippen molar-refractivity contribution < 1.29 is 4.79 Å². The zero-order valence-corrected chi connectivity index (χ0v) is 17.2. The van der Waals surface area contributed by atoms with E-state index in [4.69, 9.17) is 0 Å². The zero-order valence-electron chi connectivity index (χ0n) is 15.6. The molecule has 1 amide bonds. The van der Waals surface area contributed by atoms with Crippen LogP contribution < -0.4 is 5.32 Å². The van der Waals surface area contributed by atoms with E-state index >= 15 is 0 Å². The number of carbonyl (C=O) groups is 1. The van der Waals surface area contributed by atoms with Gasteiger partial charge in [-0.3, -0.25) is 4.79 Å². The van der Waals surface area contributed by atoms with Crippen LogP contribution in [-0.4, -0.2) is 24.0 Å². The highest BCUT2D eigenvalue weighted by Gasteiger charge is 2.16. The average molecular weight is 386 g/mol. The fourth-order valence-corrected chi connectivity index (χ4v) is 6.08. The lowest BCUT2D eigenvalue weighted by molar-refractivity contribution is 0.0953. The molecule has 0 aromatic heterocycles. The van der Waals surface area contributed by atoms with Crippen LogP contribution in [0.15, 0.2) is 42.5 Å². The molecular weight excluding hydrogens is 358 g/mol. The fraction of sp³-hybridized carbons (Fsp3) is 0.409. The number of nitrogens with one attached hydrogen (secondary N) is 1. The minimum atomic E-state index is 0.0288. The van der Waals surface area contributed by atoms with Crippen LogP contribution in [0.1, 0.15) is 50.0 Å². The second kappa shape index (κ2) is 9.52. The van der Waals surface area contributed by atoms with Gasteiger partial charge in [0.15, 0.2) is 0 Å². The maximum absolute atomic E-state index is 12.3. The average Bonchev–Trinajstić information content (AvgIpc) is 2.67. The van der Waals surface area contributed by atoms with E-state index in [0.717, 1.165) is 18.4 Å².